The maximum absolute atomic E-state index is 14.9. The minimum atomic E-state index is -3.85. The van der Waals surface area contributed by atoms with Crippen molar-refractivity contribution in [2.45, 2.75) is 13.3 Å². The molecule has 0 saturated carbocycles. The Balaban J connectivity index is 1.65. The summed E-state index contributed by atoms with van der Waals surface area (Å²) in [5, 5.41) is 10.5. The number of carbonyl (C=O) groups is 1. The molecule has 0 saturated heterocycles. The van der Waals surface area contributed by atoms with E-state index in [1.807, 2.05) is 4.72 Å². The van der Waals surface area contributed by atoms with Gasteiger partial charge in [-0.05, 0) is 36.8 Å². The normalized spacial score (nSPS) is 11.5. The second-order valence-corrected chi connectivity index (χ2v) is 9.64. The molecule has 2 heterocycles. The molecule has 12 heteroatoms. The summed E-state index contributed by atoms with van der Waals surface area (Å²) >= 11 is 5.93. The van der Waals surface area contributed by atoms with Gasteiger partial charge in [-0.15, -0.1) is 0 Å². The predicted molar refractivity (Wildman–Crippen MR) is 126 cm³/mol. The van der Waals surface area contributed by atoms with E-state index in [2.05, 4.69) is 20.5 Å². The molecule has 2 aromatic heterocycles. The molecule has 4 rings (SSSR count). The topological polar surface area (TPSA) is 117 Å². The second-order valence-electron chi connectivity index (χ2n) is 7.36. The van der Waals surface area contributed by atoms with Crippen molar-refractivity contribution in [3.63, 3.8) is 0 Å². The van der Waals surface area contributed by atoms with Crippen LogP contribution < -0.4 is 10.0 Å². The van der Waals surface area contributed by atoms with E-state index >= 15 is 0 Å². The molecule has 0 aliphatic heterocycles. The number of fused-ring (bicyclic) bond motifs is 1. The molecule has 0 atom stereocenters. The molecule has 0 bridgehead atoms. The first-order valence-corrected chi connectivity index (χ1v) is 12.1. The third kappa shape index (κ3) is 4.85. The van der Waals surface area contributed by atoms with Crippen molar-refractivity contribution in [2.75, 3.05) is 15.8 Å². The number of benzene rings is 2. The van der Waals surface area contributed by atoms with Crippen molar-refractivity contribution >= 4 is 49.9 Å². The summed E-state index contributed by atoms with van der Waals surface area (Å²) in [6, 6.07) is 10.2. The highest BCUT2D eigenvalue weighted by Gasteiger charge is 2.23. The van der Waals surface area contributed by atoms with Gasteiger partial charge >= 0.3 is 0 Å². The number of aromatic nitrogens is 3. The number of nitrogens with zero attached hydrogens (tertiary/aromatic N) is 2. The van der Waals surface area contributed by atoms with Gasteiger partial charge in [0.2, 0.25) is 10.0 Å². The molecular weight excluding hydrogens is 488 g/mol. The van der Waals surface area contributed by atoms with Crippen molar-refractivity contribution < 1.29 is 22.0 Å². The Bertz CT molecular complexity index is 1490. The van der Waals surface area contributed by atoms with Gasteiger partial charge in [0, 0.05) is 16.0 Å². The van der Waals surface area contributed by atoms with E-state index in [0.29, 0.717) is 28.2 Å². The zero-order valence-corrected chi connectivity index (χ0v) is 19.3. The van der Waals surface area contributed by atoms with Crippen LogP contribution in [0.5, 0.6) is 0 Å². The zero-order valence-electron chi connectivity index (χ0n) is 17.7. The number of hydrogen-bond donors (Lipinski definition) is 3. The van der Waals surface area contributed by atoms with Gasteiger partial charge in [-0.25, -0.2) is 22.2 Å². The number of pyridine rings is 1. The zero-order chi connectivity index (χ0) is 24.5. The van der Waals surface area contributed by atoms with Gasteiger partial charge in [-0.1, -0.05) is 30.7 Å². The molecule has 0 radical (unpaired) electrons. The molecule has 0 fully saturated rings. The van der Waals surface area contributed by atoms with Crippen molar-refractivity contribution in [1.29, 1.82) is 0 Å². The summed E-state index contributed by atoms with van der Waals surface area (Å²) in [4.78, 5) is 16.9. The standard InChI is InChI=1S/C22H18ClF2N5O3S/c1-2-9-34(32,33)30-17-8-7-16(24)18(19(17)25)22(31)27-14-10-15-20(28-29-21(15)26-11-14)12-3-5-13(23)6-4-12/h3-8,10-11,30H,2,9H2,1H3,(H,27,31)(H,26,28,29). The molecular formula is C22H18ClF2N5O3S. The Hall–Kier alpha value is -3.57. The number of sulfonamides is 1. The van der Waals surface area contributed by atoms with Gasteiger partial charge in [-0.3, -0.25) is 14.6 Å². The van der Waals surface area contributed by atoms with Crippen LogP contribution in [-0.4, -0.2) is 35.3 Å². The smallest absolute Gasteiger partial charge is 0.261 e. The predicted octanol–water partition coefficient (Wildman–Crippen LogP) is 4.96. The number of carbonyl (C=O) groups excluding carboxylic acids is 1. The molecule has 34 heavy (non-hydrogen) atoms. The third-order valence-corrected chi connectivity index (χ3v) is 6.59. The Morgan fingerprint density at radius 3 is 2.59 bits per heavy atom. The lowest BCUT2D eigenvalue weighted by atomic mass is 10.1. The Morgan fingerprint density at radius 1 is 1.15 bits per heavy atom. The van der Waals surface area contributed by atoms with Crippen LogP contribution in [0.4, 0.5) is 20.2 Å². The molecule has 2 aromatic carbocycles. The Labute approximate surface area is 198 Å². The second kappa shape index (κ2) is 9.35. The summed E-state index contributed by atoms with van der Waals surface area (Å²) in [6.07, 6.45) is 1.59. The largest absolute Gasteiger partial charge is 0.320 e. The van der Waals surface area contributed by atoms with E-state index in [1.54, 1.807) is 37.3 Å². The minimum absolute atomic E-state index is 0.157. The van der Waals surface area contributed by atoms with E-state index in [1.165, 1.54) is 6.20 Å². The quantitative estimate of drug-likeness (QED) is 0.328. The number of hydrogen-bond acceptors (Lipinski definition) is 5. The Kier molecular flexibility index (Phi) is 6.49. The molecule has 1 amide bonds. The molecule has 0 unspecified atom stereocenters. The van der Waals surface area contributed by atoms with Crippen LogP contribution >= 0.6 is 11.6 Å². The van der Waals surface area contributed by atoms with Crippen molar-refractivity contribution in [3.05, 3.63) is 70.9 Å². The van der Waals surface area contributed by atoms with Gasteiger partial charge in [-0.2, -0.15) is 5.10 Å². The summed E-state index contributed by atoms with van der Waals surface area (Å²) in [6.45, 7) is 1.64. The van der Waals surface area contributed by atoms with Crippen LogP contribution in [0.15, 0.2) is 48.7 Å². The van der Waals surface area contributed by atoms with E-state index in [9.17, 15) is 22.0 Å². The van der Waals surface area contributed by atoms with E-state index in [0.717, 1.165) is 17.7 Å². The van der Waals surface area contributed by atoms with Crippen LogP contribution in [0.1, 0.15) is 23.7 Å². The van der Waals surface area contributed by atoms with Gasteiger partial charge < -0.3 is 5.32 Å². The number of aromatic amines is 1. The van der Waals surface area contributed by atoms with Gasteiger partial charge in [0.05, 0.1) is 29.0 Å². The average molecular weight is 506 g/mol. The van der Waals surface area contributed by atoms with Crippen LogP contribution in [-0.2, 0) is 10.0 Å². The lowest BCUT2D eigenvalue weighted by Gasteiger charge is -2.12. The molecule has 0 aliphatic carbocycles. The van der Waals surface area contributed by atoms with Crippen molar-refractivity contribution in [1.82, 2.24) is 15.2 Å². The van der Waals surface area contributed by atoms with E-state index in [-0.39, 0.29) is 11.4 Å². The first kappa shape index (κ1) is 23.6. The van der Waals surface area contributed by atoms with Crippen molar-refractivity contribution in [2.24, 2.45) is 0 Å². The highest BCUT2D eigenvalue weighted by atomic mass is 35.5. The monoisotopic (exact) mass is 505 g/mol. The maximum Gasteiger partial charge on any atom is 0.261 e. The number of rotatable bonds is 7. The van der Waals surface area contributed by atoms with Crippen LogP contribution in [0, 0.1) is 11.6 Å². The molecule has 8 nitrogen and oxygen atoms in total. The lowest BCUT2D eigenvalue weighted by Crippen LogP contribution is -2.20. The molecule has 176 valence electrons. The number of amides is 1. The highest BCUT2D eigenvalue weighted by molar-refractivity contribution is 7.92. The number of halogens is 3. The number of H-pyrrole nitrogens is 1. The van der Waals surface area contributed by atoms with Crippen LogP contribution in [0.2, 0.25) is 5.02 Å². The fourth-order valence-corrected chi connectivity index (χ4v) is 4.58. The fraction of sp³-hybridized carbons (Fsp3) is 0.136. The van der Waals surface area contributed by atoms with Crippen LogP contribution in [0.25, 0.3) is 22.3 Å². The average Bonchev–Trinajstić information content (AvgIpc) is 3.19. The van der Waals surface area contributed by atoms with E-state index in [4.69, 9.17) is 11.6 Å². The lowest BCUT2D eigenvalue weighted by molar-refractivity contribution is 0.101. The van der Waals surface area contributed by atoms with Crippen molar-refractivity contribution in [3.8, 4) is 11.3 Å². The molecule has 3 N–H and O–H groups in total. The molecule has 4 aromatic rings. The SMILES string of the molecule is CCCS(=O)(=O)Nc1ccc(F)c(C(=O)Nc2cnc3n[nH]c(-c4ccc(Cl)cc4)c3c2)c1F. The van der Waals surface area contributed by atoms with Gasteiger partial charge in [0.15, 0.2) is 11.5 Å². The number of nitrogens with one attached hydrogen (secondary N) is 3. The highest BCUT2D eigenvalue weighted by Crippen LogP contribution is 2.29. The fourth-order valence-electron chi connectivity index (χ4n) is 3.33. The van der Waals surface area contributed by atoms with Gasteiger partial charge in [0.25, 0.3) is 5.91 Å². The van der Waals surface area contributed by atoms with Crippen LogP contribution in [0.3, 0.4) is 0 Å². The minimum Gasteiger partial charge on any atom is -0.320 e. The van der Waals surface area contributed by atoms with Gasteiger partial charge in [0.1, 0.15) is 11.4 Å². The third-order valence-electron chi connectivity index (χ3n) is 4.86. The molecule has 0 spiro atoms. The molecule has 0 aliphatic rings. The number of anilines is 2. The van der Waals surface area contributed by atoms with E-state index < -0.39 is 38.8 Å². The first-order valence-electron chi connectivity index (χ1n) is 10.1. The first-order chi connectivity index (χ1) is 16.2. The summed E-state index contributed by atoms with van der Waals surface area (Å²) in [7, 11) is -3.85. The summed E-state index contributed by atoms with van der Waals surface area (Å²) in [5.41, 5.74) is 0.453. The maximum atomic E-state index is 14.9. The summed E-state index contributed by atoms with van der Waals surface area (Å²) < 4.78 is 55.3. The Morgan fingerprint density at radius 2 is 1.88 bits per heavy atom. The summed E-state index contributed by atoms with van der Waals surface area (Å²) in [5.74, 6) is -3.83.